The third-order valence-corrected chi connectivity index (χ3v) is 6.96. The number of amides is 2. The molecular weight excluding hydrogens is 463 g/mol. The van der Waals surface area contributed by atoms with E-state index in [1.165, 1.54) is 18.2 Å². The molecule has 6 rings (SSSR count). The zero-order valence-electron chi connectivity index (χ0n) is 18.4. The van der Waals surface area contributed by atoms with Crippen molar-refractivity contribution >= 4 is 28.9 Å². The average Bonchev–Trinajstić information content (AvgIpc) is 3.58. The number of benzene rings is 2. The Balaban J connectivity index is 1.08. The van der Waals surface area contributed by atoms with Gasteiger partial charge in [0.25, 0.3) is 5.91 Å². The van der Waals surface area contributed by atoms with Gasteiger partial charge in [0.15, 0.2) is 0 Å². The van der Waals surface area contributed by atoms with Crippen LogP contribution in [0, 0.1) is 11.8 Å². The highest BCUT2D eigenvalue weighted by Crippen LogP contribution is 2.36. The second-order valence-corrected chi connectivity index (χ2v) is 9.22. The lowest BCUT2D eigenvalue weighted by Gasteiger charge is -2.22. The molecule has 3 heterocycles. The van der Waals surface area contributed by atoms with Crippen LogP contribution >= 0.6 is 0 Å². The smallest absolute Gasteiger partial charge is 0.406 e. The van der Waals surface area contributed by atoms with Crippen molar-refractivity contribution in [1.29, 1.82) is 0 Å². The van der Waals surface area contributed by atoms with Crippen LogP contribution in [0.4, 0.5) is 13.2 Å². The van der Waals surface area contributed by atoms with Gasteiger partial charge in [0.2, 0.25) is 5.91 Å². The number of rotatable bonds is 3. The third kappa shape index (κ3) is 4.00. The summed E-state index contributed by atoms with van der Waals surface area (Å²) in [5, 5.41) is 10.6. The monoisotopic (exact) mass is 483 g/mol. The number of hydrogen-bond donors (Lipinski definition) is 1. The second kappa shape index (κ2) is 7.82. The fourth-order valence-electron chi connectivity index (χ4n) is 5.34. The number of carbonyl (C=O) groups excluding carboxylic acids is 2. The van der Waals surface area contributed by atoms with Gasteiger partial charge in [-0.2, -0.15) is 15.4 Å². The Labute approximate surface area is 197 Å². The van der Waals surface area contributed by atoms with E-state index in [2.05, 4.69) is 20.1 Å². The van der Waals surface area contributed by atoms with Crippen LogP contribution in [0.15, 0.2) is 42.0 Å². The number of hydrogen-bond acceptors (Lipinski definition) is 5. The van der Waals surface area contributed by atoms with Gasteiger partial charge in [0, 0.05) is 55.6 Å². The molecule has 0 bridgehead atoms. The van der Waals surface area contributed by atoms with Gasteiger partial charge in [-0.05, 0) is 47.5 Å². The molecule has 11 heteroatoms. The normalized spacial score (nSPS) is 21.3. The first kappa shape index (κ1) is 21.6. The van der Waals surface area contributed by atoms with E-state index in [1.54, 1.807) is 29.2 Å². The standard InChI is InChI=1S/C24H20F3N5O3/c25-24(26,27)35-19-3-1-13-5-16(6-15(13)7-19)23(34)32-11-17-9-31(10-18(17)12-32)22(33)14-2-4-20-21(8-14)29-30-28-20/h1-5,7-8,17-18H,6,9-12H2,(H,28,29,30)/t17-,18-/m0/s1. The van der Waals surface area contributed by atoms with Gasteiger partial charge in [-0.25, -0.2) is 0 Å². The highest BCUT2D eigenvalue weighted by molar-refractivity contribution is 6.01. The van der Waals surface area contributed by atoms with Crippen LogP contribution in [-0.4, -0.2) is 69.6 Å². The quantitative estimate of drug-likeness (QED) is 0.619. The minimum absolute atomic E-state index is 0.0620. The molecule has 2 amide bonds. The molecule has 8 nitrogen and oxygen atoms in total. The minimum atomic E-state index is -4.76. The van der Waals surface area contributed by atoms with E-state index in [4.69, 9.17) is 0 Å². The van der Waals surface area contributed by atoms with Crippen LogP contribution in [0.3, 0.4) is 0 Å². The van der Waals surface area contributed by atoms with E-state index >= 15 is 0 Å². The van der Waals surface area contributed by atoms with Gasteiger partial charge in [-0.1, -0.05) is 6.07 Å². The van der Waals surface area contributed by atoms with Crippen LogP contribution in [0.2, 0.25) is 0 Å². The van der Waals surface area contributed by atoms with Crippen molar-refractivity contribution in [1.82, 2.24) is 25.2 Å². The Morgan fingerprint density at radius 2 is 1.60 bits per heavy atom. The second-order valence-electron chi connectivity index (χ2n) is 9.22. The van der Waals surface area contributed by atoms with Crippen LogP contribution in [-0.2, 0) is 11.2 Å². The molecule has 2 aromatic carbocycles. The predicted molar refractivity (Wildman–Crippen MR) is 118 cm³/mol. The van der Waals surface area contributed by atoms with Gasteiger partial charge in [0.1, 0.15) is 16.8 Å². The number of carbonyl (C=O) groups is 2. The molecule has 0 spiro atoms. The van der Waals surface area contributed by atoms with Gasteiger partial charge in [0.05, 0.1) is 0 Å². The van der Waals surface area contributed by atoms with Crippen molar-refractivity contribution in [3.8, 4) is 5.75 Å². The number of fused-ring (bicyclic) bond motifs is 3. The lowest BCUT2D eigenvalue weighted by atomic mass is 10.0. The summed E-state index contributed by atoms with van der Waals surface area (Å²) in [5.74, 6) is -0.0811. The SMILES string of the molecule is O=C(C1=Cc2ccc(OC(F)(F)F)cc2C1)N1C[C@@H]2CN(C(=O)c3ccc4n[nH]nc4c3)C[C@H]2C1. The molecule has 3 aromatic rings. The highest BCUT2D eigenvalue weighted by Gasteiger charge is 2.44. The van der Waals surface area contributed by atoms with Crippen molar-refractivity contribution in [2.75, 3.05) is 26.2 Å². The highest BCUT2D eigenvalue weighted by atomic mass is 19.4. The van der Waals surface area contributed by atoms with Crippen LogP contribution in [0.5, 0.6) is 5.75 Å². The van der Waals surface area contributed by atoms with E-state index in [0.717, 1.165) is 5.56 Å². The summed E-state index contributed by atoms with van der Waals surface area (Å²) in [6.07, 6.45) is -2.76. The fourth-order valence-corrected chi connectivity index (χ4v) is 5.34. The van der Waals surface area contributed by atoms with Gasteiger partial charge >= 0.3 is 6.36 Å². The maximum Gasteiger partial charge on any atom is 0.573 e. The van der Waals surface area contributed by atoms with E-state index in [9.17, 15) is 22.8 Å². The zero-order chi connectivity index (χ0) is 24.3. The molecule has 2 saturated heterocycles. The van der Waals surface area contributed by atoms with E-state index in [1.807, 2.05) is 4.90 Å². The van der Waals surface area contributed by atoms with Crippen molar-refractivity contribution in [2.24, 2.45) is 11.8 Å². The lowest BCUT2D eigenvalue weighted by molar-refractivity contribution is -0.274. The number of halogens is 3. The van der Waals surface area contributed by atoms with Crippen molar-refractivity contribution in [3.05, 3.63) is 58.7 Å². The van der Waals surface area contributed by atoms with Gasteiger partial charge < -0.3 is 14.5 Å². The Bertz CT molecular complexity index is 1370. The molecule has 180 valence electrons. The first-order chi connectivity index (χ1) is 16.7. The molecule has 1 aromatic heterocycles. The minimum Gasteiger partial charge on any atom is -0.406 e. The van der Waals surface area contributed by atoms with Crippen molar-refractivity contribution in [3.63, 3.8) is 0 Å². The number of aromatic amines is 1. The number of nitrogens with one attached hydrogen (secondary N) is 1. The average molecular weight is 483 g/mol. The zero-order valence-corrected chi connectivity index (χ0v) is 18.4. The molecule has 3 aliphatic rings. The predicted octanol–water partition coefficient (Wildman–Crippen LogP) is 3.03. The van der Waals surface area contributed by atoms with Crippen molar-refractivity contribution < 1.29 is 27.5 Å². The molecule has 1 aliphatic carbocycles. The maximum atomic E-state index is 13.1. The Morgan fingerprint density at radius 1 is 0.914 bits per heavy atom. The maximum absolute atomic E-state index is 13.1. The molecule has 2 atom stereocenters. The number of likely N-dealkylation sites (tertiary alicyclic amines) is 2. The first-order valence-corrected chi connectivity index (χ1v) is 11.2. The Kier molecular flexibility index (Phi) is 4.83. The summed E-state index contributed by atoms with van der Waals surface area (Å²) in [5.41, 5.74) is 3.80. The van der Waals surface area contributed by atoms with E-state index < -0.39 is 6.36 Å². The fraction of sp³-hybridized carbons (Fsp3) is 0.333. The number of nitrogens with zero attached hydrogens (tertiary/aromatic N) is 4. The summed E-state index contributed by atoms with van der Waals surface area (Å²) in [6.45, 7) is 2.24. The molecule has 2 fully saturated rings. The molecule has 2 aliphatic heterocycles. The molecule has 0 saturated carbocycles. The van der Waals surface area contributed by atoms with E-state index in [-0.39, 0.29) is 35.8 Å². The lowest BCUT2D eigenvalue weighted by Crippen LogP contribution is -2.36. The molecule has 35 heavy (non-hydrogen) atoms. The number of alkyl halides is 3. The summed E-state index contributed by atoms with van der Waals surface area (Å²) in [4.78, 5) is 29.8. The number of H-pyrrole nitrogens is 1. The van der Waals surface area contributed by atoms with Crippen LogP contribution in [0.25, 0.3) is 17.1 Å². The Morgan fingerprint density at radius 3 is 2.31 bits per heavy atom. The number of ether oxygens (including phenoxy) is 1. The largest absolute Gasteiger partial charge is 0.573 e. The molecule has 0 radical (unpaired) electrons. The summed E-state index contributed by atoms with van der Waals surface area (Å²) in [7, 11) is 0. The summed E-state index contributed by atoms with van der Waals surface area (Å²) >= 11 is 0. The number of aromatic nitrogens is 3. The summed E-state index contributed by atoms with van der Waals surface area (Å²) in [6, 6.07) is 9.35. The topological polar surface area (TPSA) is 91.4 Å². The van der Waals surface area contributed by atoms with Gasteiger partial charge in [-0.15, -0.1) is 13.2 Å². The van der Waals surface area contributed by atoms with Crippen molar-refractivity contribution in [2.45, 2.75) is 12.8 Å². The first-order valence-electron chi connectivity index (χ1n) is 11.2. The van der Waals surface area contributed by atoms with E-state index in [0.29, 0.717) is 53.9 Å². The Hall–Kier alpha value is -3.89. The molecule has 1 N–H and O–H groups in total. The summed E-state index contributed by atoms with van der Waals surface area (Å²) < 4.78 is 41.5. The van der Waals surface area contributed by atoms with Crippen LogP contribution in [0.1, 0.15) is 21.5 Å². The van der Waals surface area contributed by atoms with Gasteiger partial charge in [-0.3, -0.25) is 9.59 Å². The third-order valence-electron chi connectivity index (χ3n) is 6.96. The molecular formula is C24H20F3N5O3. The van der Waals surface area contributed by atoms with Crippen LogP contribution < -0.4 is 4.74 Å². The molecule has 0 unspecified atom stereocenters.